The summed E-state index contributed by atoms with van der Waals surface area (Å²) in [4.78, 5) is 30.9. The van der Waals surface area contributed by atoms with Gasteiger partial charge in [-0.1, -0.05) is 36.2 Å². The summed E-state index contributed by atoms with van der Waals surface area (Å²) in [5.74, 6) is 0.238. The van der Waals surface area contributed by atoms with Crippen molar-refractivity contribution in [3.8, 4) is 0 Å². The minimum atomic E-state index is -0.265. The standard InChI is InChI=1S/C20H29N3O2/c1-16-7-9-17(10-8-16)15-22-11-13-23(14-12-22)20(25)18-5-3-4-6-19(24)21(18)2/h7-10,18H,3-6,11-15H2,1-2H3. The van der Waals surface area contributed by atoms with Gasteiger partial charge in [-0.15, -0.1) is 0 Å². The summed E-state index contributed by atoms with van der Waals surface area (Å²) in [6.45, 7) is 6.33. The first-order chi connectivity index (χ1) is 12.0. The van der Waals surface area contributed by atoms with Gasteiger partial charge in [0.15, 0.2) is 0 Å². The van der Waals surface area contributed by atoms with E-state index in [0.29, 0.717) is 6.42 Å². The second kappa shape index (κ2) is 8.00. The molecule has 2 aliphatic rings. The van der Waals surface area contributed by atoms with Gasteiger partial charge in [-0.3, -0.25) is 14.5 Å². The molecule has 0 aromatic heterocycles. The summed E-state index contributed by atoms with van der Waals surface area (Å²) >= 11 is 0. The van der Waals surface area contributed by atoms with Gasteiger partial charge in [0.05, 0.1) is 0 Å². The van der Waals surface area contributed by atoms with E-state index in [9.17, 15) is 9.59 Å². The van der Waals surface area contributed by atoms with Crippen molar-refractivity contribution in [3.63, 3.8) is 0 Å². The van der Waals surface area contributed by atoms with Crippen molar-refractivity contribution in [1.82, 2.24) is 14.7 Å². The molecule has 2 heterocycles. The van der Waals surface area contributed by atoms with Crippen LogP contribution in [-0.4, -0.2) is 65.8 Å². The molecule has 0 saturated carbocycles. The third kappa shape index (κ3) is 4.40. The molecular weight excluding hydrogens is 314 g/mol. The Morgan fingerprint density at radius 2 is 1.76 bits per heavy atom. The van der Waals surface area contributed by atoms with Gasteiger partial charge in [-0.2, -0.15) is 0 Å². The summed E-state index contributed by atoms with van der Waals surface area (Å²) in [5, 5.41) is 0. The van der Waals surface area contributed by atoms with Crippen LogP contribution < -0.4 is 0 Å². The molecule has 1 aromatic rings. The highest BCUT2D eigenvalue weighted by atomic mass is 16.2. The average Bonchev–Trinajstić information content (AvgIpc) is 2.79. The van der Waals surface area contributed by atoms with Crippen LogP contribution in [0.5, 0.6) is 0 Å². The largest absolute Gasteiger partial charge is 0.338 e. The lowest BCUT2D eigenvalue weighted by atomic mass is 10.1. The molecular formula is C20H29N3O2. The number of likely N-dealkylation sites (N-methyl/N-ethyl adjacent to an activating group) is 1. The molecule has 0 N–H and O–H groups in total. The molecule has 1 unspecified atom stereocenters. The van der Waals surface area contributed by atoms with E-state index in [1.807, 2.05) is 4.90 Å². The Kier molecular flexibility index (Phi) is 5.74. The maximum absolute atomic E-state index is 12.9. The van der Waals surface area contributed by atoms with Crippen LogP contribution in [0.4, 0.5) is 0 Å². The van der Waals surface area contributed by atoms with Crippen LogP contribution in [0.3, 0.4) is 0 Å². The fraction of sp³-hybridized carbons (Fsp3) is 0.600. The van der Waals surface area contributed by atoms with E-state index in [0.717, 1.165) is 52.0 Å². The number of aryl methyl sites for hydroxylation is 1. The Morgan fingerprint density at radius 1 is 1.08 bits per heavy atom. The highest BCUT2D eigenvalue weighted by molar-refractivity contribution is 5.88. The van der Waals surface area contributed by atoms with Crippen molar-refractivity contribution in [1.29, 1.82) is 0 Å². The van der Waals surface area contributed by atoms with Gasteiger partial charge < -0.3 is 9.80 Å². The number of likely N-dealkylation sites (tertiary alicyclic amines) is 1. The Labute approximate surface area is 150 Å². The lowest BCUT2D eigenvalue weighted by molar-refractivity contribution is -0.145. The summed E-state index contributed by atoms with van der Waals surface area (Å²) in [7, 11) is 1.78. The number of carbonyl (C=O) groups excluding carboxylic acids is 2. The molecule has 2 amide bonds. The van der Waals surface area contributed by atoms with E-state index in [-0.39, 0.29) is 17.9 Å². The smallest absolute Gasteiger partial charge is 0.245 e. The predicted molar refractivity (Wildman–Crippen MR) is 98.1 cm³/mol. The van der Waals surface area contributed by atoms with Crippen molar-refractivity contribution < 1.29 is 9.59 Å². The minimum absolute atomic E-state index is 0.105. The van der Waals surface area contributed by atoms with Crippen molar-refractivity contribution in [3.05, 3.63) is 35.4 Å². The third-order valence-electron chi connectivity index (χ3n) is 5.47. The molecule has 136 valence electrons. The number of hydrogen-bond donors (Lipinski definition) is 0. The molecule has 5 nitrogen and oxygen atoms in total. The number of piperazine rings is 1. The molecule has 2 fully saturated rings. The van der Waals surface area contributed by atoms with Crippen molar-refractivity contribution >= 4 is 11.8 Å². The third-order valence-corrected chi connectivity index (χ3v) is 5.47. The van der Waals surface area contributed by atoms with E-state index in [2.05, 4.69) is 36.1 Å². The van der Waals surface area contributed by atoms with Crippen LogP contribution in [0.2, 0.25) is 0 Å². The molecule has 0 radical (unpaired) electrons. The highest BCUT2D eigenvalue weighted by Crippen LogP contribution is 2.19. The SMILES string of the molecule is Cc1ccc(CN2CCN(C(=O)C3CCCCC(=O)N3C)CC2)cc1. The molecule has 0 spiro atoms. The van der Waals surface area contributed by atoms with E-state index < -0.39 is 0 Å². The molecule has 1 atom stereocenters. The van der Waals surface area contributed by atoms with Crippen molar-refractivity contribution in [2.24, 2.45) is 0 Å². The van der Waals surface area contributed by atoms with Gasteiger partial charge in [0.2, 0.25) is 11.8 Å². The molecule has 1 aromatic carbocycles. The van der Waals surface area contributed by atoms with Crippen molar-refractivity contribution in [2.45, 2.75) is 45.2 Å². The maximum Gasteiger partial charge on any atom is 0.245 e. The number of carbonyl (C=O) groups is 2. The maximum atomic E-state index is 12.9. The first kappa shape index (κ1) is 17.9. The van der Waals surface area contributed by atoms with E-state index >= 15 is 0 Å². The monoisotopic (exact) mass is 343 g/mol. The van der Waals surface area contributed by atoms with Crippen LogP contribution in [0.15, 0.2) is 24.3 Å². The van der Waals surface area contributed by atoms with E-state index in [1.54, 1.807) is 11.9 Å². The number of rotatable bonds is 3. The van der Waals surface area contributed by atoms with E-state index in [4.69, 9.17) is 0 Å². The van der Waals surface area contributed by atoms with Gasteiger partial charge >= 0.3 is 0 Å². The highest BCUT2D eigenvalue weighted by Gasteiger charge is 2.33. The van der Waals surface area contributed by atoms with E-state index in [1.165, 1.54) is 11.1 Å². The van der Waals surface area contributed by atoms with Crippen LogP contribution in [0.25, 0.3) is 0 Å². The lowest BCUT2D eigenvalue weighted by Crippen LogP contribution is -2.54. The quantitative estimate of drug-likeness (QED) is 0.844. The Hall–Kier alpha value is -1.88. The second-order valence-corrected chi connectivity index (χ2v) is 7.35. The summed E-state index contributed by atoms with van der Waals surface area (Å²) in [5.41, 5.74) is 2.60. The predicted octanol–water partition coefficient (Wildman–Crippen LogP) is 2.04. The van der Waals surface area contributed by atoms with Gasteiger partial charge in [-0.25, -0.2) is 0 Å². The Bertz CT molecular complexity index is 606. The first-order valence-corrected chi connectivity index (χ1v) is 9.37. The van der Waals surface area contributed by atoms with Gasteiger partial charge in [0.25, 0.3) is 0 Å². The first-order valence-electron chi connectivity index (χ1n) is 9.37. The number of benzene rings is 1. The molecule has 2 saturated heterocycles. The van der Waals surface area contributed by atoms with Gasteiger partial charge in [0, 0.05) is 46.2 Å². The molecule has 2 aliphatic heterocycles. The zero-order valence-electron chi connectivity index (χ0n) is 15.4. The average molecular weight is 343 g/mol. The summed E-state index contributed by atoms with van der Waals surface area (Å²) in [6, 6.07) is 8.39. The molecule has 3 rings (SSSR count). The number of hydrogen-bond acceptors (Lipinski definition) is 3. The molecule has 5 heteroatoms. The fourth-order valence-corrected chi connectivity index (χ4v) is 3.74. The molecule has 0 bridgehead atoms. The minimum Gasteiger partial charge on any atom is -0.338 e. The summed E-state index contributed by atoms with van der Waals surface area (Å²) in [6.07, 6.45) is 3.23. The van der Waals surface area contributed by atoms with Gasteiger partial charge in [0.1, 0.15) is 6.04 Å². The van der Waals surface area contributed by atoms with Crippen LogP contribution in [0.1, 0.15) is 36.8 Å². The van der Waals surface area contributed by atoms with Gasteiger partial charge in [-0.05, 0) is 25.3 Å². The molecule has 0 aliphatic carbocycles. The fourth-order valence-electron chi connectivity index (χ4n) is 3.74. The normalized spacial score (nSPS) is 22.8. The van der Waals surface area contributed by atoms with Crippen molar-refractivity contribution in [2.75, 3.05) is 33.2 Å². The number of nitrogens with zero attached hydrogens (tertiary/aromatic N) is 3. The molecule has 25 heavy (non-hydrogen) atoms. The zero-order chi connectivity index (χ0) is 17.8. The Balaban J connectivity index is 1.53. The lowest BCUT2D eigenvalue weighted by Gasteiger charge is -2.38. The van der Waals surface area contributed by atoms with Crippen LogP contribution in [-0.2, 0) is 16.1 Å². The second-order valence-electron chi connectivity index (χ2n) is 7.35. The number of amides is 2. The summed E-state index contributed by atoms with van der Waals surface area (Å²) < 4.78 is 0. The zero-order valence-corrected chi connectivity index (χ0v) is 15.4. The van der Waals surface area contributed by atoms with Crippen LogP contribution >= 0.6 is 0 Å². The van der Waals surface area contributed by atoms with Crippen LogP contribution in [0, 0.1) is 6.92 Å². The topological polar surface area (TPSA) is 43.9 Å². The Morgan fingerprint density at radius 3 is 2.44 bits per heavy atom.